The average molecular weight is 145 g/mol. The smallest absolute Gasteiger partial charge is 0.160 e. The van der Waals surface area contributed by atoms with Gasteiger partial charge in [0.15, 0.2) is 5.82 Å². The van der Waals surface area contributed by atoms with Crippen molar-refractivity contribution in [3.05, 3.63) is 28.8 Å². The molecule has 1 heterocycles. The summed E-state index contributed by atoms with van der Waals surface area (Å²) in [6, 6.07) is 1.31. The molecule has 0 fully saturated rings. The first-order valence-electron chi connectivity index (χ1n) is 2.27. The lowest BCUT2D eigenvalue weighted by Gasteiger charge is -1.93. The lowest BCUT2D eigenvalue weighted by molar-refractivity contribution is 0.180. The molecule has 0 unspecified atom stereocenters. The third kappa shape index (κ3) is 1.26. The Hall–Kier alpha value is -0.900. The zero-order valence-corrected chi connectivity index (χ0v) is 5.23. The number of hydrogen-bond acceptors (Lipinski definition) is 2. The molecule has 0 aliphatic heterocycles. The molecule has 0 amide bonds. The molecule has 0 radical (unpaired) electrons. The molecule has 0 saturated carbocycles. The summed E-state index contributed by atoms with van der Waals surface area (Å²) in [5, 5.41) is 8.57. The predicted molar refractivity (Wildman–Crippen MR) is 32.4 cm³/mol. The van der Waals surface area contributed by atoms with E-state index in [1.54, 1.807) is 0 Å². The molecule has 1 aromatic heterocycles. The van der Waals surface area contributed by atoms with Gasteiger partial charge in [0.25, 0.3) is 0 Å². The third-order valence-electron chi connectivity index (χ3n) is 0.860. The summed E-state index contributed by atoms with van der Waals surface area (Å²) in [7, 11) is 0. The summed E-state index contributed by atoms with van der Waals surface area (Å²) in [5.74, 6) is -0.588. The van der Waals surface area contributed by atoms with Gasteiger partial charge in [-0.25, -0.2) is 4.39 Å². The van der Waals surface area contributed by atoms with E-state index < -0.39 is 5.82 Å². The summed E-state index contributed by atoms with van der Waals surface area (Å²) < 4.78 is 13.0. The van der Waals surface area contributed by atoms with Crippen LogP contribution in [0.3, 0.4) is 0 Å². The van der Waals surface area contributed by atoms with Crippen molar-refractivity contribution in [2.45, 2.75) is 0 Å². The maximum Gasteiger partial charge on any atom is 0.160 e. The summed E-state index contributed by atoms with van der Waals surface area (Å²) in [5.41, 5.74) is 0. The van der Waals surface area contributed by atoms with Crippen LogP contribution in [0, 0.1) is 10.3 Å². The molecule has 0 bridgehead atoms. The fraction of sp³-hybridized carbons (Fsp3) is 0. The molecule has 2 nitrogen and oxygen atoms in total. The summed E-state index contributed by atoms with van der Waals surface area (Å²) in [6.45, 7) is 0. The van der Waals surface area contributed by atoms with Gasteiger partial charge in [-0.3, -0.25) is 0 Å². The van der Waals surface area contributed by atoms with Gasteiger partial charge >= 0.3 is 0 Å². The summed E-state index contributed by atoms with van der Waals surface area (Å²) >= 11 is 4.51. The van der Waals surface area contributed by atoms with Crippen LogP contribution in [0.25, 0.3) is 0 Å². The number of pyridine rings is 1. The van der Waals surface area contributed by atoms with E-state index in [1.807, 2.05) is 0 Å². The SMILES string of the molecule is On1ccc(=S)c(F)c1. The largest absolute Gasteiger partial charge is 0.429 e. The maximum absolute atomic E-state index is 12.3. The highest BCUT2D eigenvalue weighted by Gasteiger charge is 1.90. The second-order valence-electron chi connectivity index (χ2n) is 1.54. The first kappa shape index (κ1) is 6.22. The minimum atomic E-state index is -0.588. The Bertz CT molecular complexity index is 270. The number of aromatic nitrogens is 1. The first-order valence-corrected chi connectivity index (χ1v) is 2.68. The first-order chi connectivity index (χ1) is 4.20. The van der Waals surface area contributed by atoms with Crippen molar-refractivity contribution in [1.29, 1.82) is 0 Å². The van der Waals surface area contributed by atoms with Crippen molar-refractivity contribution in [2.24, 2.45) is 0 Å². The van der Waals surface area contributed by atoms with E-state index in [9.17, 15) is 4.39 Å². The second-order valence-corrected chi connectivity index (χ2v) is 1.98. The molecule has 0 aliphatic rings. The van der Waals surface area contributed by atoms with Crippen LogP contribution in [0.4, 0.5) is 4.39 Å². The molecule has 9 heavy (non-hydrogen) atoms. The normalized spacial score (nSPS) is 9.44. The van der Waals surface area contributed by atoms with E-state index in [2.05, 4.69) is 12.2 Å². The molecular weight excluding hydrogens is 141 g/mol. The molecular formula is C5H4FNOS. The molecule has 0 aromatic carbocycles. The topological polar surface area (TPSA) is 25.2 Å². The Morgan fingerprint density at radius 3 is 2.78 bits per heavy atom. The number of hydrogen-bond donors (Lipinski definition) is 1. The van der Waals surface area contributed by atoms with Gasteiger partial charge in [0.2, 0.25) is 0 Å². The molecule has 0 aliphatic carbocycles. The monoisotopic (exact) mass is 145 g/mol. The van der Waals surface area contributed by atoms with Crippen molar-refractivity contribution >= 4 is 12.2 Å². The maximum atomic E-state index is 12.3. The van der Waals surface area contributed by atoms with Crippen LogP contribution < -0.4 is 0 Å². The Labute approximate surface area is 56.1 Å². The zero-order valence-electron chi connectivity index (χ0n) is 4.41. The molecule has 1 aromatic rings. The zero-order chi connectivity index (χ0) is 6.85. The van der Waals surface area contributed by atoms with E-state index in [1.165, 1.54) is 12.3 Å². The summed E-state index contributed by atoms with van der Waals surface area (Å²) in [4.78, 5) is 0. The van der Waals surface area contributed by atoms with Crippen LogP contribution in [0.15, 0.2) is 18.5 Å². The van der Waals surface area contributed by atoms with Gasteiger partial charge in [-0.05, 0) is 6.07 Å². The number of halogens is 1. The quantitative estimate of drug-likeness (QED) is 0.443. The average Bonchev–Trinajstić information content (AvgIpc) is 1.80. The standard InChI is InChI=1S/C5H4FNOS/c6-4-3-7(8)2-1-5(4)9/h1-3,8H. The van der Waals surface area contributed by atoms with Crippen LogP contribution in [-0.4, -0.2) is 9.94 Å². The third-order valence-corrected chi connectivity index (χ3v) is 1.19. The van der Waals surface area contributed by atoms with Crippen LogP contribution in [-0.2, 0) is 0 Å². The highest BCUT2D eigenvalue weighted by Crippen LogP contribution is 1.97. The molecule has 48 valence electrons. The lowest BCUT2D eigenvalue weighted by atomic mass is 10.5. The molecule has 0 atom stereocenters. The Morgan fingerprint density at radius 2 is 2.33 bits per heavy atom. The van der Waals surface area contributed by atoms with Crippen LogP contribution in [0.1, 0.15) is 0 Å². The van der Waals surface area contributed by atoms with E-state index in [4.69, 9.17) is 5.21 Å². The van der Waals surface area contributed by atoms with Gasteiger partial charge in [0, 0.05) is 6.20 Å². The van der Waals surface area contributed by atoms with Crippen LogP contribution in [0.2, 0.25) is 0 Å². The Morgan fingerprint density at radius 1 is 1.67 bits per heavy atom. The van der Waals surface area contributed by atoms with Gasteiger partial charge < -0.3 is 5.21 Å². The van der Waals surface area contributed by atoms with Crippen molar-refractivity contribution in [2.75, 3.05) is 0 Å². The highest BCUT2D eigenvalue weighted by molar-refractivity contribution is 7.71. The van der Waals surface area contributed by atoms with E-state index in [0.29, 0.717) is 4.73 Å². The lowest BCUT2D eigenvalue weighted by Crippen LogP contribution is -1.91. The summed E-state index contributed by atoms with van der Waals surface area (Å²) in [6.07, 6.45) is 2.17. The molecule has 4 heteroatoms. The van der Waals surface area contributed by atoms with Gasteiger partial charge in [0.05, 0.1) is 10.7 Å². The minimum Gasteiger partial charge on any atom is -0.429 e. The van der Waals surface area contributed by atoms with E-state index >= 15 is 0 Å². The van der Waals surface area contributed by atoms with E-state index in [0.717, 1.165) is 6.20 Å². The van der Waals surface area contributed by atoms with Crippen molar-refractivity contribution in [3.63, 3.8) is 0 Å². The van der Waals surface area contributed by atoms with Gasteiger partial charge in [-0.2, -0.15) is 4.73 Å². The number of nitrogens with zero attached hydrogens (tertiary/aromatic N) is 1. The Kier molecular flexibility index (Phi) is 1.48. The van der Waals surface area contributed by atoms with Crippen LogP contribution >= 0.6 is 12.2 Å². The van der Waals surface area contributed by atoms with Crippen molar-refractivity contribution in [1.82, 2.24) is 4.73 Å². The molecule has 0 spiro atoms. The predicted octanol–water partition coefficient (Wildman–Crippen LogP) is 1.59. The fourth-order valence-corrected chi connectivity index (χ4v) is 0.560. The van der Waals surface area contributed by atoms with Crippen molar-refractivity contribution in [3.8, 4) is 0 Å². The molecule has 0 saturated heterocycles. The van der Waals surface area contributed by atoms with Gasteiger partial charge in [-0.1, -0.05) is 12.2 Å². The molecule has 1 N–H and O–H groups in total. The second kappa shape index (κ2) is 2.14. The minimum absolute atomic E-state index is 0.111. The molecule has 1 rings (SSSR count). The number of rotatable bonds is 0. The van der Waals surface area contributed by atoms with E-state index in [-0.39, 0.29) is 4.51 Å². The van der Waals surface area contributed by atoms with Gasteiger partial charge in [0.1, 0.15) is 0 Å². The highest BCUT2D eigenvalue weighted by atomic mass is 32.1. The van der Waals surface area contributed by atoms with Crippen LogP contribution in [0.5, 0.6) is 0 Å². The van der Waals surface area contributed by atoms with Crippen molar-refractivity contribution < 1.29 is 9.60 Å². The van der Waals surface area contributed by atoms with Gasteiger partial charge in [-0.15, -0.1) is 0 Å². The Balaban J connectivity index is 3.34. The fourth-order valence-electron chi connectivity index (χ4n) is 0.446.